The summed E-state index contributed by atoms with van der Waals surface area (Å²) in [6.45, 7) is 4.48. The Morgan fingerprint density at radius 2 is 1.58 bits per heavy atom. The lowest BCUT2D eigenvalue weighted by molar-refractivity contribution is 0.655. The summed E-state index contributed by atoms with van der Waals surface area (Å²) in [5.41, 5.74) is 4.75. The topological polar surface area (TPSA) is 38.9 Å². The van der Waals surface area contributed by atoms with Crippen LogP contribution in [-0.4, -0.2) is 17.8 Å². The molecule has 0 radical (unpaired) electrons. The molecule has 0 atom stereocenters. The quantitative estimate of drug-likeness (QED) is 0.324. The molecule has 0 spiro atoms. The first-order valence-electron chi connectivity index (χ1n) is 10.6. The number of nitrogens with zero attached hydrogens (tertiary/aromatic N) is 2. The van der Waals surface area contributed by atoms with Gasteiger partial charge in [0.1, 0.15) is 13.4 Å². The van der Waals surface area contributed by atoms with Gasteiger partial charge in [0.15, 0.2) is 0 Å². The zero-order valence-electron chi connectivity index (χ0n) is 17.8. The largest absolute Gasteiger partial charge is 0.437 e. The molecule has 0 saturated carbocycles. The van der Waals surface area contributed by atoms with Crippen LogP contribution in [0.5, 0.6) is 0 Å². The molecule has 0 aliphatic rings. The first-order valence-corrected chi connectivity index (χ1v) is 10.6. The van der Waals surface area contributed by atoms with Gasteiger partial charge in [-0.1, -0.05) is 56.3 Å². The van der Waals surface area contributed by atoms with Crippen molar-refractivity contribution in [3.63, 3.8) is 0 Å². The van der Waals surface area contributed by atoms with Gasteiger partial charge in [-0.25, -0.2) is 4.98 Å². The summed E-state index contributed by atoms with van der Waals surface area (Å²) >= 11 is 0. The van der Waals surface area contributed by atoms with Crippen molar-refractivity contribution in [2.75, 3.05) is 0 Å². The lowest BCUT2D eigenvalue weighted by Gasteiger charge is -2.20. The molecule has 0 bridgehead atoms. The van der Waals surface area contributed by atoms with Crippen molar-refractivity contribution in [2.45, 2.75) is 19.2 Å². The summed E-state index contributed by atoms with van der Waals surface area (Å²) in [4.78, 5) is 9.29. The maximum absolute atomic E-state index is 6.32. The van der Waals surface area contributed by atoms with Gasteiger partial charge in [-0.15, -0.1) is 0 Å². The fraction of sp³-hybridized carbons (Fsp3) is 0.111. The van der Waals surface area contributed by atoms with Gasteiger partial charge in [0.2, 0.25) is 5.71 Å². The summed E-state index contributed by atoms with van der Waals surface area (Å²) < 4.78 is 6.32. The lowest BCUT2D eigenvalue weighted by atomic mass is 9.67. The van der Waals surface area contributed by atoms with Gasteiger partial charge in [-0.05, 0) is 51.3 Å². The van der Waals surface area contributed by atoms with Gasteiger partial charge >= 0.3 is 0 Å². The van der Waals surface area contributed by atoms with E-state index in [0.29, 0.717) is 5.71 Å². The van der Waals surface area contributed by atoms with E-state index in [0.717, 1.165) is 33.0 Å². The number of rotatable bonds is 2. The van der Waals surface area contributed by atoms with E-state index in [1.165, 1.54) is 21.7 Å². The van der Waals surface area contributed by atoms with Gasteiger partial charge in [0.25, 0.3) is 0 Å². The number of fused-ring (bicyclic) bond motifs is 6. The summed E-state index contributed by atoms with van der Waals surface area (Å²) in [7, 11) is 2.24. The Morgan fingerprint density at radius 1 is 0.774 bits per heavy atom. The fourth-order valence-electron chi connectivity index (χ4n) is 4.50. The van der Waals surface area contributed by atoms with E-state index in [9.17, 15) is 0 Å². The smallest absolute Gasteiger partial charge is 0.227 e. The number of hydrogen-bond acceptors (Lipinski definition) is 3. The molecule has 3 heterocycles. The second kappa shape index (κ2) is 6.42. The van der Waals surface area contributed by atoms with Crippen molar-refractivity contribution in [3.8, 4) is 11.3 Å². The van der Waals surface area contributed by atoms with Crippen LogP contribution in [0.1, 0.15) is 19.4 Å². The average Bonchev–Trinajstić information content (AvgIpc) is 3.17. The van der Waals surface area contributed by atoms with Crippen LogP contribution in [0.15, 0.2) is 83.5 Å². The van der Waals surface area contributed by atoms with Crippen LogP contribution in [-0.2, 0) is 5.31 Å². The summed E-state index contributed by atoms with van der Waals surface area (Å²) in [6.07, 6.45) is 3.67. The molecule has 6 rings (SSSR count). The third-order valence-electron chi connectivity index (χ3n) is 6.13. The summed E-state index contributed by atoms with van der Waals surface area (Å²) in [5.74, 6) is 0. The first kappa shape index (κ1) is 18.1. The Bertz CT molecular complexity index is 1630. The van der Waals surface area contributed by atoms with E-state index >= 15 is 0 Å². The lowest BCUT2D eigenvalue weighted by Crippen LogP contribution is -2.16. The average molecular weight is 400 g/mol. The number of hydrogen-bond donors (Lipinski definition) is 0. The molecular formula is C27H21BN2O. The molecule has 0 saturated heterocycles. The molecule has 0 aliphatic carbocycles. The fourth-order valence-corrected chi connectivity index (χ4v) is 4.50. The van der Waals surface area contributed by atoms with Crippen LogP contribution < -0.4 is 0 Å². The van der Waals surface area contributed by atoms with Crippen molar-refractivity contribution in [3.05, 3.63) is 84.7 Å². The standard InChI is InChI=1S/C27H21BN2O/c1-27(2,28)18-9-10-20-17(14-18)11-13-29-24(20)22-15-16-6-3-4-7-19(16)23-21-8-5-12-30-26(21)31-25(22)23/h3-15H,28H2,1-2H3. The van der Waals surface area contributed by atoms with Crippen molar-refractivity contribution in [1.29, 1.82) is 0 Å². The Kier molecular flexibility index (Phi) is 3.76. The molecule has 148 valence electrons. The Balaban J connectivity index is 1.74. The normalized spacial score (nSPS) is 12.3. The molecule has 0 unspecified atom stereocenters. The highest BCUT2D eigenvalue weighted by molar-refractivity contribution is 6.22. The first-order chi connectivity index (χ1) is 15.0. The van der Waals surface area contributed by atoms with Crippen molar-refractivity contribution in [1.82, 2.24) is 9.97 Å². The van der Waals surface area contributed by atoms with Crippen LogP contribution in [0.4, 0.5) is 0 Å². The number of pyridine rings is 2. The minimum absolute atomic E-state index is 0.0955. The maximum Gasteiger partial charge on any atom is 0.227 e. The molecule has 0 N–H and O–H groups in total. The molecule has 6 aromatic rings. The second-order valence-electron chi connectivity index (χ2n) is 9.15. The zero-order chi connectivity index (χ0) is 21.2. The molecule has 3 aromatic heterocycles. The summed E-state index contributed by atoms with van der Waals surface area (Å²) in [5, 5.41) is 6.88. The molecule has 0 fully saturated rings. The third-order valence-corrected chi connectivity index (χ3v) is 6.13. The third kappa shape index (κ3) is 2.75. The second-order valence-corrected chi connectivity index (χ2v) is 9.15. The van der Waals surface area contributed by atoms with E-state index in [4.69, 9.17) is 9.40 Å². The predicted molar refractivity (Wildman–Crippen MR) is 131 cm³/mol. The van der Waals surface area contributed by atoms with Gasteiger partial charge < -0.3 is 4.42 Å². The van der Waals surface area contributed by atoms with Crippen molar-refractivity contribution in [2.24, 2.45) is 0 Å². The highest BCUT2D eigenvalue weighted by atomic mass is 16.3. The van der Waals surface area contributed by atoms with E-state index in [1.54, 1.807) is 6.20 Å². The molecular weight excluding hydrogens is 379 g/mol. The van der Waals surface area contributed by atoms with Crippen LogP contribution in [0.3, 0.4) is 0 Å². The minimum atomic E-state index is 0.0955. The monoisotopic (exact) mass is 400 g/mol. The summed E-state index contributed by atoms with van der Waals surface area (Å²) in [6, 6.07) is 23.5. The maximum atomic E-state index is 6.32. The van der Waals surface area contributed by atoms with Crippen molar-refractivity contribution >= 4 is 51.5 Å². The Labute approximate surface area is 181 Å². The van der Waals surface area contributed by atoms with E-state index in [1.807, 2.05) is 12.3 Å². The van der Waals surface area contributed by atoms with Crippen LogP contribution >= 0.6 is 0 Å². The van der Waals surface area contributed by atoms with Crippen LogP contribution in [0, 0.1) is 0 Å². The van der Waals surface area contributed by atoms with Crippen LogP contribution in [0.2, 0.25) is 0 Å². The molecule has 31 heavy (non-hydrogen) atoms. The molecule has 3 nitrogen and oxygen atoms in total. The van der Waals surface area contributed by atoms with E-state index < -0.39 is 0 Å². The molecule has 3 aromatic carbocycles. The van der Waals surface area contributed by atoms with Crippen molar-refractivity contribution < 1.29 is 4.42 Å². The number of furan rings is 1. The molecule has 4 heteroatoms. The predicted octanol–water partition coefficient (Wildman–Crippen LogP) is 6.22. The molecule has 0 amide bonds. The molecule has 0 aliphatic heterocycles. The number of benzene rings is 3. The van der Waals surface area contributed by atoms with Gasteiger partial charge in [-0.2, -0.15) is 0 Å². The number of aromatic nitrogens is 2. The van der Waals surface area contributed by atoms with E-state index in [2.05, 4.69) is 87.3 Å². The van der Waals surface area contributed by atoms with Gasteiger partial charge in [-0.3, -0.25) is 4.98 Å². The Hall–Kier alpha value is -3.66. The SMILES string of the molecule is BC(C)(C)c1ccc2c(-c3cc4ccccc4c4c3oc3ncccc34)nccc2c1. The highest BCUT2D eigenvalue weighted by Gasteiger charge is 2.20. The van der Waals surface area contributed by atoms with Crippen LogP contribution in [0.25, 0.3) is 54.9 Å². The minimum Gasteiger partial charge on any atom is -0.437 e. The van der Waals surface area contributed by atoms with E-state index in [-0.39, 0.29) is 5.31 Å². The van der Waals surface area contributed by atoms with Gasteiger partial charge in [0, 0.05) is 34.1 Å². The zero-order valence-corrected chi connectivity index (χ0v) is 17.8. The highest BCUT2D eigenvalue weighted by Crippen LogP contribution is 2.41. The Morgan fingerprint density at radius 3 is 2.45 bits per heavy atom. The van der Waals surface area contributed by atoms with Gasteiger partial charge in [0.05, 0.1) is 5.69 Å².